The summed E-state index contributed by atoms with van der Waals surface area (Å²) in [4.78, 5) is 16.4. The second kappa shape index (κ2) is 10.0. The lowest BCUT2D eigenvalue weighted by molar-refractivity contribution is -0.176. The Labute approximate surface area is 178 Å². The van der Waals surface area contributed by atoms with Gasteiger partial charge >= 0.3 is 12.2 Å². The minimum absolute atomic E-state index is 0.108. The highest BCUT2D eigenvalue weighted by molar-refractivity contribution is 6.30. The van der Waals surface area contributed by atoms with E-state index in [2.05, 4.69) is 15.0 Å². The molecule has 9 heteroatoms. The number of halogens is 4. The highest BCUT2D eigenvalue weighted by atomic mass is 35.5. The number of nitrogens with zero attached hydrogens (tertiary/aromatic N) is 2. The number of nitrogens with one attached hydrogen (secondary N) is 1. The minimum Gasteiger partial charge on any atom is -0.368 e. The number of anilines is 1. The van der Waals surface area contributed by atoms with E-state index in [1.807, 2.05) is 24.3 Å². The van der Waals surface area contributed by atoms with E-state index in [0.717, 1.165) is 24.3 Å². The van der Waals surface area contributed by atoms with Crippen molar-refractivity contribution in [1.82, 2.24) is 10.2 Å². The molecule has 0 unspecified atom stereocenters. The van der Waals surface area contributed by atoms with E-state index in [1.54, 1.807) is 29.2 Å². The van der Waals surface area contributed by atoms with E-state index in [9.17, 15) is 18.0 Å². The normalized spacial score (nSPS) is 14.7. The van der Waals surface area contributed by atoms with Gasteiger partial charge in [-0.3, -0.25) is 0 Å². The molecule has 1 heterocycles. The summed E-state index contributed by atoms with van der Waals surface area (Å²) in [6.07, 6.45) is -4.33. The SMILES string of the molecule is O=C(NCc1ccc(COCC(F)(F)F)cc1)N1CCN(c2cccc(Cl)c2)CC1. The van der Waals surface area contributed by atoms with Crippen molar-refractivity contribution in [1.29, 1.82) is 0 Å². The number of rotatable bonds is 6. The number of piperazine rings is 1. The van der Waals surface area contributed by atoms with Gasteiger partial charge in [-0.25, -0.2) is 4.79 Å². The van der Waals surface area contributed by atoms with Gasteiger partial charge in [-0.1, -0.05) is 41.9 Å². The summed E-state index contributed by atoms with van der Waals surface area (Å²) in [7, 11) is 0. The largest absolute Gasteiger partial charge is 0.411 e. The molecule has 162 valence electrons. The van der Waals surface area contributed by atoms with Gasteiger partial charge in [0.15, 0.2) is 0 Å². The predicted octanol–water partition coefficient (Wildman–Crippen LogP) is 4.45. The van der Waals surface area contributed by atoms with E-state index in [0.29, 0.717) is 30.2 Å². The van der Waals surface area contributed by atoms with Crippen LogP contribution in [0.25, 0.3) is 0 Å². The predicted molar refractivity (Wildman–Crippen MR) is 110 cm³/mol. The van der Waals surface area contributed by atoms with E-state index in [-0.39, 0.29) is 12.6 Å². The maximum Gasteiger partial charge on any atom is 0.411 e. The minimum atomic E-state index is -4.33. The van der Waals surface area contributed by atoms with Crippen molar-refractivity contribution >= 4 is 23.3 Å². The summed E-state index contributed by atoms with van der Waals surface area (Å²) in [5.74, 6) is 0. The van der Waals surface area contributed by atoms with Gasteiger partial charge in [0.25, 0.3) is 0 Å². The Morgan fingerprint density at radius 1 is 1.03 bits per heavy atom. The van der Waals surface area contributed by atoms with E-state index >= 15 is 0 Å². The van der Waals surface area contributed by atoms with Crippen molar-refractivity contribution in [2.24, 2.45) is 0 Å². The van der Waals surface area contributed by atoms with Crippen LogP contribution in [0.5, 0.6) is 0 Å². The van der Waals surface area contributed by atoms with Crippen LogP contribution in [0.2, 0.25) is 5.02 Å². The molecule has 0 aliphatic carbocycles. The maximum absolute atomic E-state index is 12.4. The quantitative estimate of drug-likeness (QED) is 0.720. The zero-order valence-electron chi connectivity index (χ0n) is 16.3. The number of alkyl halides is 3. The van der Waals surface area contributed by atoms with Gasteiger partial charge in [-0.15, -0.1) is 0 Å². The fraction of sp³-hybridized carbons (Fsp3) is 0.381. The molecule has 0 bridgehead atoms. The van der Waals surface area contributed by atoms with Crippen LogP contribution < -0.4 is 10.2 Å². The van der Waals surface area contributed by atoms with Gasteiger partial charge in [-0.05, 0) is 29.3 Å². The standard InChI is InChI=1S/C21H23ClF3N3O2/c22-18-2-1-3-19(12-18)27-8-10-28(11-9-27)20(29)26-13-16-4-6-17(7-5-16)14-30-15-21(23,24)25/h1-7,12H,8-11,13-15H2,(H,26,29). The molecule has 1 saturated heterocycles. The topological polar surface area (TPSA) is 44.8 Å². The van der Waals surface area contributed by atoms with Gasteiger partial charge in [0.1, 0.15) is 6.61 Å². The first-order valence-corrected chi connectivity index (χ1v) is 9.93. The third-order valence-electron chi connectivity index (χ3n) is 4.74. The summed E-state index contributed by atoms with van der Waals surface area (Å²) in [6.45, 7) is 1.62. The van der Waals surface area contributed by atoms with Crippen molar-refractivity contribution in [3.63, 3.8) is 0 Å². The van der Waals surface area contributed by atoms with Crippen LogP contribution in [0.15, 0.2) is 48.5 Å². The molecule has 1 aliphatic heterocycles. The fourth-order valence-electron chi connectivity index (χ4n) is 3.17. The molecule has 2 amide bonds. The molecule has 1 fully saturated rings. The highest BCUT2D eigenvalue weighted by Crippen LogP contribution is 2.21. The molecule has 0 atom stereocenters. The zero-order chi connectivity index (χ0) is 21.6. The first kappa shape index (κ1) is 22.2. The summed E-state index contributed by atoms with van der Waals surface area (Å²) in [5, 5.41) is 3.57. The Morgan fingerprint density at radius 2 is 1.70 bits per heavy atom. The number of hydrogen-bond donors (Lipinski definition) is 1. The van der Waals surface area contributed by atoms with Crippen molar-refractivity contribution in [3.05, 3.63) is 64.7 Å². The van der Waals surface area contributed by atoms with Crippen LogP contribution in [-0.4, -0.2) is 49.9 Å². The van der Waals surface area contributed by atoms with Gasteiger partial charge in [0.05, 0.1) is 6.61 Å². The Hall–Kier alpha value is -2.45. The number of hydrogen-bond acceptors (Lipinski definition) is 3. The third kappa shape index (κ3) is 6.81. The summed E-state index contributed by atoms with van der Waals surface area (Å²) >= 11 is 6.04. The van der Waals surface area contributed by atoms with Crippen LogP contribution in [0.3, 0.4) is 0 Å². The van der Waals surface area contributed by atoms with Crippen LogP contribution in [0.1, 0.15) is 11.1 Å². The van der Waals surface area contributed by atoms with Crippen molar-refractivity contribution in [2.75, 3.05) is 37.7 Å². The Kier molecular flexibility index (Phi) is 7.44. The van der Waals surface area contributed by atoms with Crippen LogP contribution in [0, 0.1) is 0 Å². The summed E-state index contributed by atoms with van der Waals surface area (Å²) < 4.78 is 40.9. The van der Waals surface area contributed by atoms with Crippen LogP contribution in [-0.2, 0) is 17.9 Å². The molecule has 0 radical (unpaired) electrons. The molecule has 1 aliphatic rings. The number of amides is 2. The summed E-state index contributed by atoms with van der Waals surface area (Å²) in [5.41, 5.74) is 2.55. The Bertz CT molecular complexity index is 838. The number of ether oxygens (including phenoxy) is 1. The molecular formula is C21H23ClF3N3O2. The van der Waals surface area contributed by atoms with Gasteiger partial charge < -0.3 is 19.9 Å². The first-order chi connectivity index (χ1) is 14.3. The second-order valence-electron chi connectivity index (χ2n) is 7.04. The van der Waals surface area contributed by atoms with Gasteiger partial charge in [0.2, 0.25) is 0 Å². The molecule has 0 aromatic heterocycles. The van der Waals surface area contributed by atoms with Gasteiger partial charge in [0, 0.05) is 43.4 Å². The second-order valence-corrected chi connectivity index (χ2v) is 7.47. The molecule has 0 spiro atoms. The van der Waals surface area contributed by atoms with Crippen LogP contribution in [0.4, 0.5) is 23.7 Å². The lowest BCUT2D eigenvalue weighted by Crippen LogP contribution is -2.51. The third-order valence-corrected chi connectivity index (χ3v) is 4.98. The lowest BCUT2D eigenvalue weighted by atomic mass is 10.1. The van der Waals surface area contributed by atoms with Crippen molar-refractivity contribution in [3.8, 4) is 0 Å². The lowest BCUT2D eigenvalue weighted by Gasteiger charge is -2.36. The molecule has 1 N–H and O–H groups in total. The number of benzene rings is 2. The molecule has 2 aromatic carbocycles. The Balaban J connectivity index is 1.40. The molecule has 0 saturated carbocycles. The zero-order valence-corrected chi connectivity index (χ0v) is 17.0. The van der Waals surface area contributed by atoms with Gasteiger partial charge in [-0.2, -0.15) is 13.2 Å². The highest BCUT2D eigenvalue weighted by Gasteiger charge is 2.27. The van der Waals surface area contributed by atoms with E-state index in [4.69, 9.17) is 11.6 Å². The average molecular weight is 442 g/mol. The molecule has 5 nitrogen and oxygen atoms in total. The smallest absolute Gasteiger partial charge is 0.368 e. The molecule has 30 heavy (non-hydrogen) atoms. The number of carbonyl (C=O) groups is 1. The molecule has 2 aromatic rings. The number of carbonyl (C=O) groups excluding carboxylic acids is 1. The monoisotopic (exact) mass is 441 g/mol. The number of urea groups is 1. The van der Waals surface area contributed by atoms with E-state index < -0.39 is 12.8 Å². The average Bonchev–Trinajstić information content (AvgIpc) is 2.72. The maximum atomic E-state index is 12.4. The van der Waals surface area contributed by atoms with Crippen molar-refractivity contribution < 1.29 is 22.7 Å². The van der Waals surface area contributed by atoms with E-state index in [1.165, 1.54) is 0 Å². The fourth-order valence-corrected chi connectivity index (χ4v) is 3.35. The molecular weight excluding hydrogens is 419 g/mol. The Morgan fingerprint density at radius 3 is 2.33 bits per heavy atom. The van der Waals surface area contributed by atoms with Crippen LogP contribution >= 0.6 is 11.6 Å². The summed E-state index contributed by atoms with van der Waals surface area (Å²) in [6, 6.07) is 14.4. The van der Waals surface area contributed by atoms with Crippen molar-refractivity contribution in [2.45, 2.75) is 19.3 Å². The first-order valence-electron chi connectivity index (χ1n) is 9.56. The molecule has 3 rings (SSSR count).